The molecule has 4 atom stereocenters. The minimum absolute atomic E-state index is 0.113. The van der Waals surface area contributed by atoms with Gasteiger partial charge in [-0.15, -0.1) is 11.8 Å². The highest BCUT2D eigenvalue weighted by Gasteiger charge is 2.46. The summed E-state index contributed by atoms with van der Waals surface area (Å²) in [5, 5.41) is 0. The summed E-state index contributed by atoms with van der Waals surface area (Å²) in [6, 6.07) is 8.48. The zero-order chi connectivity index (χ0) is 22.8. The number of carbonyl (C=O) groups is 3. The molecule has 0 unspecified atom stereocenters. The number of hydrogen-bond acceptors (Lipinski definition) is 7. The maximum atomic E-state index is 13.4. The van der Waals surface area contributed by atoms with Crippen molar-refractivity contribution in [3.63, 3.8) is 0 Å². The molecule has 31 heavy (non-hydrogen) atoms. The van der Waals surface area contributed by atoms with Crippen LogP contribution in [0.4, 0.5) is 9.59 Å². The van der Waals surface area contributed by atoms with Gasteiger partial charge in [-0.3, -0.25) is 9.69 Å². The van der Waals surface area contributed by atoms with E-state index in [1.165, 1.54) is 12.0 Å². The van der Waals surface area contributed by atoms with Crippen LogP contribution in [0, 0.1) is 5.92 Å². The maximum Gasteiger partial charge on any atom is 0.417 e. The Balaban J connectivity index is 1.79. The molecule has 0 spiro atoms. The molecule has 0 radical (unpaired) electrons. The Hall–Kier alpha value is -2.26. The van der Waals surface area contributed by atoms with E-state index in [9.17, 15) is 14.4 Å². The highest BCUT2D eigenvalue weighted by molar-refractivity contribution is 7.99. The molecule has 0 aliphatic carbocycles. The quantitative estimate of drug-likeness (QED) is 0.677. The van der Waals surface area contributed by atoms with Crippen LogP contribution in [0.5, 0.6) is 0 Å². The van der Waals surface area contributed by atoms with E-state index >= 15 is 0 Å². The summed E-state index contributed by atoms with van der Waals surface area (Å²) in [5.74, 6) is 0.0143. The van der Waals surface area contributed by atoms with E-state index in [0.717, 1.165) is 5.56 Å². The lowest BCUT2D eigenvalue weighted by Crippen LogP contribution is -2.52. The summed E-state index contributed by atoms with van der Waals surface area (Å²) in [7, 11) is 1.52. The second-order valence-electron chi connectivity index (χ2n) is 8.72. The molecule has 0 saturated carbocycles. The van der Waals surface area contributed by atoms with Crippen molar-refractivity contribution in [2.75, 3.05) is 25.3 Å². The Morgan fingerprint density at radius 3 is 2.52 bits per heavy atom. The second kappa shape index (κ2) is 9.48. The van der Waals surface area contributed by atoms with Crippen molar-refractivity contribution in [1.29, 1.82) is 0 Å². The number of amides is 3. The third-order valence-electron chi connectivity index (χ3n) is 5.38. The first-order chi connectivity index (χ1) is 14.6. The number of methoxy groups -OCH3 is 1. The molecule has 2 fully saturated rings. The van der Waals surface area contributed by atoms with Crippen molar-refractivity contribution in [3.05, 3.63) is 35.9 Å². The number of imide groups is 1. The van der Waals surface area contributed by atoms with Crippen LogP contribution in [0.1, 0.15) is 39.3 Å². The van der Waals surface area contributed by atoms with Gasteiger partial charge in [0.15, 0.2) is 0 Å². The summed E-state index contributed by atoms with van der Waals surface area (Å²) < 4.78 is 16.4. The summed E-state index contributed by atoms with van der Waals surface area (Å²) in [5.41, 5.74) is 0.204. The van der Waals surface area contributed by atoms with E-state index in [2.05, 4.69) is 0 Å². The molecule has 3 amide bonds. The molecule has 1 aromatic carbocycles. The van der Waals surface area contributed by atoms with Gasteiger partial charge >= 0.3 is 12.2 Å². The van der Waals surface area contributed by atoms with Crippen molar-refractivity contribution in [1.82, 2.24) is 9.80 Å². The third kappa shape index (κ3) is 5.15. The largest absolute Gasteiger partial charge is 0.446 e. The fourth-order valence-corrected chi connectivity index (χ4v) is 5.09. The lowest BCUT2D eigenvalue weighted by Gasteiger charge is -2.35. The molecule has 1 aromatic rings. The molecule has 9 heteroatoms. The minimum atomic E-state index is -0.671. The van der Waals surface area contributed by atoms with Gasteiger partial charge in [-0.25, -0.2) is 14.5 Å². The van der Waals surface area contributed by atoms with E-state index < -0.39 is 35.9 Å². The van der Waals surface area contributed by atoms with E-state index in [-0.39, 0.29) is 18.6 Å². The van der Waals surface area contributed by atoms with E-state index in [1.807, 2.05) is 51.1 Å². The standard InChI is InChI=1S/C22H30N2O6S/c1-14(18(28-5)17-12-31-13-23(17)20(26)30-22(2,3)4)19(25)24-16(11-29-21(24)27)15-9-7-6-8-10-15/h6-10,14,16-18H,11-13H2,1-5H3/t14-,16+,17+,18-/m1/s1. The Morgan fingerprint density at radius 1 is 1.23 bits per heavy atom. The first-order valence-electron chi connectivity index (χ1n) is 10.3. The van der Waals surface area contributed by atoms with Crippen LogP contribution < -0.4 is 0 Å². The number of rotatable bonds is 5. The minimum Gasteiger partial charge on any atom is -0.446 e. The van der Waals surface area contributed by atoms with Crippen LogP contribution in [-0.2, 0) is 19.0 Å². The molecule has 170 valence electrons. The van der Waals surface area contributed by atoms with E-state index in [0.29, 0.717) is 11.6 Å². The van der Waals surface area contributed by atoms with Crippen LogP contribution in [0.25, 0.3) is 0 Å². The van der Waals surface area contributed by atoms with Crippen molar-refractivity contribution in [2.45, 2.75) is 51.5 Å². The van der Waals surface area contributed by atoms with Gasteiger partial charge in [0.2, 0.25) is 5.91 Å². The van der Waals surface area contributed by atoms with Crippen molar-refractivity contribution < 1.29 is 28.6 Å². The average Bonchev–Trinajstić information content (AvgIpc) is 3.34. The molecule has 8 nitrogen and oxygen atoms in total. The first kappa shape index (κ1) is 23.4. The van der Waals surface area contributed by atoms with Gasteiger partial charge in [-0.2, -0.15) is 0 Å². The van der Waals surface area contributed by atoms with Crippen LogP contribution in [0.2, 0.25) is 0 Å². The maximum absolute atomic E-state index is 13.4. The Bertz CT molecular complexity index is 812. The van der Waals surface area contributed by atoms with Crippen LogP contribution >= 0.6 is 11.8 Å². The summed E-state index contributed by atoms with van der Waals surface area (Å²) in [6.07, 6.45) is -1.70. The van der Waals surface area contributed by atoms with Crippen LogP contribution in [-0.4, -0.2) is 71.0 Å². The Kier molecular flexibility index (Phi) is 7.16. The number of carbonyl (C=O) groups excluding carboxylic acids is 3. The SMILES string of the molecule is CO[C@H]([C@@H](C)C(=O)N1C(=O)OC[C@H]1c1ccccc1)[C@@H]1CSCN1C(=O)OC(C)(C)C. The Labute approximate surface area is 187 Å². The van der Waals surface area contributed by atoms with Gasteiger partial charge in [-0.05, 0) is 26.3 Å². The highest BCUT2D eigenvalue weighted by atomic mass is 32.2. The van der Waals surface area contributed by atoms with Crippen molar-refractivity contribution >= 4 is 29.9 Å². The van der Waals surface area contributed by atoms with Gasteiger partial charge in [0, 0.05) is 12.9 Å². The van der Waals surface area contributed by atoms with Crippen LogP contribution in [0.3, 0.4) is 0 Å². The van der Waals surface area contributed by atoms with Crippen LogP contribution in [0.15, 0.2) is 30.3 Å². The first-order valence-corrected chi connectivity index (χ1v) is 11.4. The molecule has 2 aliphatic rings. The number of benzene rings is 1. The smallest absolute Gasteiger partial charge is 0.417 e. The Morgan fingerprint density at radius 2 is 1.90 bits per heavy atom. The number of thioether (sulfide) groups is 1. The molecular formula is C22H30N2O6S. The summed E-state index contributed by atoms with van der Waals surface area (Å²) in [6.45, 7) is 7.27. The topological polar surface area (TPSA) is 85.4 Å². The molecular weight excluding hydrogens is 420 g/mol. The highest BCUT2D eigenvalue weighted by Crippen LogP contribution is 2.33. The monoisotopic (exact) mass is 450 g/mol. The number of nitrogens with zero attached hydrogens (tertiary/aromatic N) is 2. The predicted molar refractivity (Wildman–Crippen MR) is 117 cm³/mol. The van der Waals surface area contributed by atoms with E-state index in [4.69, 9.17) is 14.2 Å². The predicted octanol–water partition coefficient (Wildman–Crippen LogP) is 3.67. The normalized spacial score (nSPS) is 23.5. The number of hydrogen-bond donors (Lipinski definition) is 0. The van der Waals surface area contributed by atoms with Gasteiger partial charge in [0.05, 0.1) is 23.9 Å². The van der Waals surface area contributed by atoms with Gasteiger partial charge in [0.1, 0.15) is 18.2 Å². The average molecular weight is 451 g/mol. The molecule has 0 aromatic heterocycles. The van der Waals surface area contributed by atoms with Gasteiger partial charge < -0.3 is 14.2 Å². The molecule has 0 N–H and O–H groups in total. The molecule has 0 bridgehead atoms. The lowest BCUT2D eigenvalue weighted by atomic mass is 9.95. The molecule has 2 saturated heterocycles. The fraction of sp³-hybridized carbons (Fsp3) is 0.591. The molecule has 3 rings (SSSR count). The number of ether oxygens (including phenoxy) is 3. The fourth-order valence-electron chi connectivity index (χ4n) is 3.88. The lowest BCUT2D eigenvalue weighted by molar-refractivity contribution is -0.139. The molecule has 2 aliphatic heterocycles. The zero-order valence-electron chi connectivity index (χ0n) is 18.6. The van der Waals surface area contributed by atoms with E-state index in [1.54, 1.807) is 23.6 Å². The van der Waals surface area contributed by atoms with Gasteiger partial charge in [0.25, 0.3) is 0 Å². The molecule has 2 heterocycles. The zero-order valence-corrected chi connectivity index (χ0v) is 19.4. The summed E-state index contributed by atoms with van der Waals surface area (Å²) >= 11 is 1.58. The van der Waals surface area contributed by atoms with Crippen molar-refractivity contribution in [3.8, 4) is 0 Å². The van der Waals surface area contributed by atoms with Gasteiger partial charge in [-0.1, -0.05) is 37.3 Å². The van der Waals surface area contributed by atoms with Crippen molar-refractivity contribution in [2.24, 2.45) is 5.92 Å². The third-order valence-corrected chi connectivity index (χ3v) is 6.41. The summed E-state index contributed by atoms with van der Waals surface area (Å²) in [4.78, 5) is 41.3. The number of cyclic esters (lactones) is 1. The second-order valence-corrected chi connectivity index (χ2v) is 9.72.